The summed E-state index contributed by atoms with van der Waals surface area (Å²) in [6.45, 7) is 0.876. The van der Waals surface area contributed by atoms with Crippen molar-refractivity contribution in [3.05, 3.63) is 29.6 Å². The summed E-state index contributed by atoms with van der Waals surface area (Å²) in [5.41, 5.74) is 1.00. The summed E-state index contributed by atoms with van der Waals surface area (Å²) in [6, 6.07) is 5.45. The van der Waals surface area contributed by atoms with E-state index in [1.165, 1.54) is 31.7 Å². The lowest BCUT2D eigenvalue weighted by Crippen LogP contribution is -2.35. The molecule has 0 bridgehead atoms. The zero-order valence-corrected chi connectivity index (χ0v) is 9.92. The standard InChI is InChI=1S/C14H18FNO/c15-11-5-6-14-10(7-11)8-13(17-14)9-16-12-3-1-2-4-12/h5-7,12-13,16H,1-4,8-9H2. The lowest BCUT2D eigenvalue weighted by atomic mass is 10.1. The second-order valence-electron chi connectivity index (χ2n) is 5.09. The highest BCUT2D eigenvalue weighted by atomic mass is 19.1. The van der Waals surface area contributed by atoms with Crippen LogP contribution >= 0.6 is 0 Å². The molecule has 0 radical (unpaired) electrons. The maximum atomic E-state index is 13.0. The minimum absolute atomic E-state index is 0.170. The van der Waals surface area contributed by atoms with E-state index in [4.69, 9.17) is 4.74 Å². The molecular formula is C14H18FNO. The van der Waals surface area contributed by atoms with Crippen LogP contribution in [-0.2, 0) is 6.42 Å². The van der Waals surface area contributed by atoms with Crippen molar-refractivity contribution in [2.24, 2.45) is 0 Å². The molecule has 2 nitrogen and oxygen atoms in total. The van der Waals surface area contributed by atoms with E-state index in [0.29, 0.717) is 6.04 Å². The Morgan fingerprint density at radius 2 is 2.12 bits per heavy atom. The molecule has 0 aromatic heterocycles. The van der Waals surface area contributed by atoms with Gasteiger partial charge in [0.25, 0.3) is 0 Å². The van der Waals surface area contributed by atoms with Crippen molar-refractivity contribution < 1.29 is 9.13 Å². The van der Waals surface area contributed by atoms with Crippen molar-refractivity contribution in [2.45, 2.75) is 44.2 Å². The summed E-state index contributed by atoms with van der Waals surface area (Å²) >= 11 is 0. The van der Waals surface area contributed by atoms with Crippen LogP contribution in [-0.4, -0.2) is 18.7 Å². The number of rotatable bonds is 3. The Hall–Kier alpha value is -1.09. The van der Waals surface area contributed by atoms with Gasteiger partial charge in [-0.2, -0.15) is 0 Å². The van der Waals surface area contributed by atoms with Gasteiger partial charge in [-0.15, -0.1) is 0 Å². The topological polar surface area (TPSA) is 21.3 Å². The zero-order chi connectivity index (χ0) is 11.7. The first-order valence-electron chi connectivity index (χ1n) is 6.50. The Labute approximate surface area is 101 Å². The van der Waals surface area contributed by atoms with E-state index in [2.05, 4.69) is 5.32 Å². The molecule has 17 heavy (non-hydrogen) atoms. The third-order valence-corrected chi connectivity index (χ3v) is 3.75. The highest BCUT2D eigenvalue weighted by molar-refractivity contribution is 5.37. The van der Waals surface area contributed by atoms with Gasteiger partial charge in [-0.05, 0) is 31.0 Å². The molecule has 1 heterocycles. The van der Waals surface area contributed by atoms with Gasteiger partial charge in [0, 0.05) is 24.6 Å². The molecule has 1 saturated carbocycles. The van der Waals surface area contributed by atoms with E-state index in [1.807, 2.05) is 0 Å². The Morgan fingerprint density at radius 3 is 2.94 bits per heavy atom. The fraction of sp³-hybridized carbons (Fsp3) is 0.571. The fourth-order valence-corrected chi connectivity index (χ4v) is 2.83. The number of benzene rings is 1. The van der Waals surface area contributed by atoms with Crippen molar-refractivity contribution in [3.8, 4) is 5.75 Å². The quantitative estimate of drug-likeness (QED) is 0.869. The van der Waals surface area contributed by atoms with Crippen LogP contribution in [0.5, 0.6) is 5.75 Å². The van der Waals surface area contributed by atoms with Crippen LogP contribution in [0.3, 0.4) is 0 Å². The molecule has 1 fully saturated rings. The maximum Gasteiger partial charge on any atom is 0.123 e. The number of ether oxygens (including phenoxy) is 1. The monoisotopic (exact) mass is 235 g/mol. The van der Waals surface area contributed by atoms with Gasteiger partial charge in [0.15, 0.2) is 0 Å². The highest BCUT2D eigenvalue weighted by Crippen LogP contribution is 2.29. The van der Waals surface area contributed by atoms with E-state index in [9.17, 15) is 4.39 Å². The molecule has 2 aliphatic rings. The van der Waals surface area contributed by atoms with E-state index in [-0.39, 0.29) is 11.9 Å². The summed E-state index contributed by atoms with van der Waals surface area (Å²) in [4.78, 5) is 0. The second kappa shape index (κ2) is 4.65. The summed E-state index contributed by atoms with van der Waals surface area (Å²) in [6.07, 6.45) is 6.26. The Morgan fingerprint density at radius 1 is 1.29 bits per heavy atom. The molecule has 1 atom stereocenters. The molecule has 1 aromatic carbocycles. The molecule has 3 heteroatoms. The summed E-state index contributed by atoms with van der Waals surface area (Å²) in [5, 5.41) is 3.55. The molecule has 1 aliphatic heterocycles. The predicted molar refractivity (Wildman–Crippen MR) is 64.8 cm³/mol. The Balaban J connectivity index is 1.55. The SMILES string of the molecule is Fc1ccc2c(c1)CC(CNC1CCCC1)O2. The summed E-state index contributed by atoms with van der Waals surface area (Å²) in [7, 11) is 0. The van der Waals surface area contributed by atoms with Gasteiger partial charge in [-0.1, -0.05) is 12.8 Å². The molecule has 92 valence electrons. The number of halogens is 1. The van der Waals surface area contributed by atoms with E-state index < -0.39 is 0 Å². The van der Waals surface area contributed by atoms with Gasteiger partial charge in [0.05, 0.1) is 0 Å². The van der Waals surface area contributed by atoms with Crippen LogP contribution in [0, 0.1) is 5.82 Å². The number of nitrogens with one attached hydrogen (secondary N) is 1. The summed E-state index contributed by atoms with van der Waals surface area (Å²) in [5.74, 6) is 0.682. The average Bonchev–Trinajstić information content (AvgIpc) is 2.94. The smallest absolute Gasteiger partial charge is 0.123 e. The van der Waals surface area contributed by atoms with E-state index >= 15 is 0 Å². The van der Waals surface area contributed by atoms with Crippen LogP contribution < -0.4 is 10.1 Å². The van der Waals surface area contributed by atoms with Crippen molar-refractivity contribution in [1.82, 2.24) is 5.32 Å². The average molecular weight is 235 g/mol. The van der Waals surface area contributed by atoms with Gasteiger partial charge in [0.1, 0.15) is 17.7 Å². The van der Waals surface area contributed by atoms with E-state index in [0.717, 1.165) is 24.3 Å². The molecule has 1 aliphatic carbocycles. The number of fused-ring (bicyclic) bond motifs is 1. The van der Waals surface area contributed by atoms with Gasteiger partial charge in [0.2, 0.25) is 0 Å². The van der Waals surface area contributed by atoms with Crippen LogP contribution in [0.2, 0.25) is 0 Å². The summed E-state index contributed by atoms with van der Waals surface area (Å²) < 4.78 is 18.8. The molecule has 0 amide bonds. The largest absolute Gasteiger partial charge is 0.488 e. The first-order valence-corrected chi connectivity index (χ1v) is 6.50. The van der Waals surface area contributed by atoms with Crippen LogP contribution in [0.1, 0.15) is 31.2 Å². The molecule has 1 aromatic rings. The second-order valence-corrected chi connectivity index (χ2v) is 5.09. The highest BCUT2D eigenvalue weighted by Gasteiger charge is 2.24. The number of hydrogen-bond acceptors (Lipinski definition) is 2. The van der Waals surface area contributed by atoms with Gasteiger partial charge in [-0.3, -0.25) is 0 Å². The molecule has 3 rings (SSSR count). The predicted octanol–water partition coefficient (Wildman–Crippen LogP) is 2.66. The van der Waals surface area contributed by atoms with Crippen LogP contribution in [0.15, 0.2) is 18.2 Å². The third kappa shape index (κ3) is 2.44. The lowest BCUT2D eigenvalue weighted by Gasteiger charge is -2.16. The molecular weight excluding hydrogens is 217 g/mol. The van der Waals surface area contributed by atoms with Gasteiger partial charge >= 0.3 is 0 Å². The fourth-order valence-electron chi connectivity index (χ4n) is 2.83. The van der Waals surface area contributed by atoms with Crippen molar-refractivity contribution in [2.75, 3.05) is 6.54 Å². The Kier molecular flexibility index (Phi) is 3.02. The number of hydrogen-bond donors (Lipinski definition) is 1. The maximum absolute atomic E-state index is 13.0. The Bertz CT molecular complexity index is 401. The van der Waals surface area contributed by atoms with Gasteiger partial charge < -0.3 is 10.1 Å². The molecule has 1 unspecified atom stereocenters. The molecule has 1 N–H and O–H groups in total. The minimum atomic E-state index is -0.170. The van der Waals surface area contributed by atoms with Crippen molar-refractivity contribution >= 4 is 0 Å². The van der Waals surface area contributed by atoms with Crippen molar-refractivity contribution in [1.29, 1.82) is 0 Å². The van der Waals surface area contributed by atoms with E-state index in [1.54, 1.807) is 12.1 Å². The zero-order valence-electron chi connectivity index (χ0n) is 9.92. The lowest BCUT2D eigenvalue weighted by molar-refractivity contribution is 0.221. The first-order chi connectivity index (χ1) is 8.31. The van der Waals surface area contributed by atoms with Crippen LogP contribution in [0.4, 0.5) is 4.39 Å². The van der Waals surface area contributed by atoms with Crippen LogP contribution in [0.25, 0.3) is 0 Å². The third-order valence-electron chi connectivity index (χ3n) is 3.75. The van der Waals surface area contributed by atoms with Crippen molar-refractivity contribution in [3.63, 3.8) is 0 Å². The normalized spacial score (nSPS) is 23.7. The minimum Gasteiger partial charge on any atom is -0.488 e. The van der Waals surface area contributed by atoms with Gasteiger partial charge in [-0.25, -0.2) is 4.39 Å². The first kappa shape index (κ1) is 11.0. The molecule has 0 saturated heterocycles. The molecule has 0 spiro atoms.